The van der Waals surface area contributed by atoms with Crippen molar-refractivity contribution in [3.8, 4) is 161 Å². The summed E-state index contributed by atoms with van der Waals surface area (Å²) in [7, 11) is 0. The summed E-state index contributed by atoms with van der Waals surface area (Å²) in [6.07, 6.45) is -3.55. The van der Waals surface area contributed by atoms with Gasteiger partial charge in [0.05, 0.1) is 0 Å². The second-order valence-electron chi connectivity index (χ2n) is 30.1. The minimum Gasteiger partial charge on any atom is -0.508 e. The molecule has 0 amide bonds. The van der Waals surface area contributed by atoms with Crippen molar-refractivity contribution in [3.05, 3.63) is 261 Å². The lowest BCUT2D eigenvalue weighted by molar-refractivity contribution is -0.0124. The smallest absolute Gasteiger partial charge is 0.267 e. The lowest BCUT2D eigenvalue weighted by Crippen LogP contribution is -2.26. The van der Waals surface area contributed by atoms with E-state index in [1.165, 1.54) is 48.5 Å². The molecular formula is C92H72O24. The molecule has 1 aliphatic carbocycles. The van der Waals surface area contributed by atoms with E-state index in [0.717, 1.165) is 0 Å². The van der Waals surface area contributed by atoms with Crippen LogP contribution in [0.25, 0.3) is 0 Å². The third kappa shape index (κ3) is 13.2. The number of hydrogen-bond acceptors (Lipinski definition) is 24. The lowest BCUT2D eigenvalue weighted by atomic mass is 9.76. The van der Waals surface area contributed by atoms with Crippen molar-refractivity contribution in [2.75, 3.05) is 26.4 Å². The molecule has 0 saturated heterocycles. The predicted molar refractivity (Wildman–Crippen MR) is 413 cm³/mol. The molecule has 0 aromatic heterocycles. The number of aliphatic hydroxyl groups excluding tert-OH is 4. The van der Waals surface area contributed by atoms with Crippen molar-refractivity contribution in [1.82, 2.24) is 0 Å². The van der Waals surface area contributed by atoms with E-state index in [1.807, 2.05) is 24.3 Å². The molecule has 0 unspecified atom stereocenters. The molecule has 8 heterocycles. The Kier molecular flexibility index (Phi) is 17.1. The number of fused-ring (bicyclic) bond motifs is 16. The summed E-state index contributed by atoms with van der Waals surface area (Å²) in [4.78, 5) is 0. The first-order chi connectivity index (χ1) is 56.6. The standard InChI is InChI=1S/C92H72O24/c93-9-1-5-69-73-37-75-70(6-2-10-94)77-39-79-72(8-4-12-96)80-40-78-71(7-3-11-95)76-38-74(69)82-42-84(76)112-91-47-16-56-31-58(18-47)106-66-26-52(100)28-68(36-66)108-60-20-48-19-59(32-60)107-67-27-51(99)25-65(35-67)105-57-17-46-15-55(30-57)103-63-23-49(97)21-61(33-63)101-53-13-45(14-54(29-53)102-62-22-50(98)24-64(34-62)104-56)89(110-82)109-81(73)41-83(75)111-90(46)113-85(77)43-87(79)115-92(48)116-88(80)44-86(78)114-91/h13-44,69-72,89-100H,1-12H2. The summed E-state index contributed by atoms with van der Waals surface area (Å²) in [5, 5.41) is 92.1. The fourth-order valence-corrected chi connectivity index (χ4v) is 17.2. The quantitative estimate of drug-likeness (QED) is 0.0563. The van der Waals surface area contributed by atoms with Crippen LogP contribution in [0.1, 0.15) is 167 Å². The van der Waals surface area contributed by atoms with Crippen LogP contribution in [0, 0.1) is 0 Å². The van der Waals surface area contributed by atoms with Crippen molar-refractivity contribution in [2.24, 2.45) is 0 Å². The highest BCUT2D eigenvalue weighted by Gasteiger charge is 2.43. The molecule has 584 valence electrons. The molecule has 0 fully saturated rings. The van der Waals surface area contributed by atoms with Gasteiger partial charge in [-0.1, -0.05) is 0 Å². The molecule has 0 spiro atoms. The average Bonchev–Trinajstić information content (AvgIpc) is 0.726. The third-order valence-electron chi connectivity index (χ3n) is 22.1. The zero-order valence-electron chi connectivity index (χ0n) is 61.7. The zero-order chi connectivity index (χ0) is 78.1. The van der Waals surface area contributed by atoms with Crippen LogP contribution in [0.3, 0.4) is 0 Å². The summed E-state index contributed by atoms with van der Waals surface area (Å²) in [5.41, 5.74) is 6.39. The van der Waals surface area contributed by atoms with E-state index >= 15 is 0 Å². The van der Waals surface area contributed by atoms with E-state index in [-0.39, 0.29) is 213 Å². The molecular weight excluding hydrogens is 1490 g/mol. The van der Waals surface area contributed by atoms with Gasteiger partial charge in [-0.3, -0.25) is 0 Å². The van der Waals surface area contributed by atoms with Crippen molar-refractivity contribution in [2.45, 2.75) is 100 Å². The van der Waals surface area contributed by atoms with Gasteiger partial charge in [0.15, 0.2) is 0 Å². The molecule has 12 aromatic carbocycles. The molecule has 40 bridgehead atoms. The summed E-state index contributed by atoms with van der Waals surface area (Å²) in [6.45, 7) is -0.847. The van der Waals surface area contributed by atoms with Gasteiger partial charge in [-0.15, -0.1) is 0 Å². The summed E-state index contributed by atoms with van der Waals surface area (Å²) >= 11 is 0. The van der Waals surface area contributed by atoms with Gasteiger partial charge in [0, 0.05) is 238 Å². The van der Waals surface area contributed by atoms with E-state index < -0.39 is 48.8 Å². The van der Waals surface area contributed by atoms with Crippen LogP contribution in [0.2, 0.25) is 0 Å². The Bertz CT molecular complexity index is 4990. The molecule has 116 heavy (non-hydrogen) atoms. The number of phenolic OH excluding ortho intramolecular Hbond substituents is 4. The molecule has 21 rings (SSSR count). The number of phenols is 4. The second kappa shape index (κ2) is 28.2. The summed E-state index contributed by atoms with van der Waals surface area (Å²) in [5.74, 6) is 0.198. The van der Waals surface area contributed by atoms with Gasteiger partial charge in [-0.2, -0.15) is 0 Å². The molecule has 0 saturated carbocycles. The second-order valence-corrected chi connectivity index (χ2v) is 30.1. The molecule has 9 aliphatic rings. The number of hydrogen-bond donors (Lipinski definition) is 8. The van der Waals surface area contributed by atoms with E-state index in [4.69, 9.17) is 75.8 Å². The first-order valence-electron chi connectivity index (χ1n) is 38.5. The van der Waals surface area contributed by atoms with Gasteiger partial charge in [-0.25, -0.2) is 0 Å². The van der Waals surface area contributed by atoms with Gasteiger partial charge < -0.3 is 117 Å². The van der Waals surface area contributed by atoms with Crippen molar-refractivity contribution in [3.63, 3.8) is 0 Å². The Labute approximate surface area is 661 Å². The van der Waals surface area contributed by atoms with Crippen LogP contribution in [0.15, 0.2) is 194 Å². The van der Waals surface area contributed by atoms with Crippen molar-refractivity contribution >= 4 is 0 Å². The molecule has 24 nitrogen and oxygen atoms in total. The Hall–Kier alpha value is -13.5. The highest BCUT2D eigenvalue weighted by molar-refractivity contribution is 5.67. The number of ether oxygens (including phenoxy) is 16. The minimum atomic E-state index is -1.47. The van der Waals surface area contributed by atoms with E-state index in [9.17, 15) is 40.9 Å². The van der Waals surface area contributed by atoms with Crippen LogP contribution in [-0.4, -0.2) is 67.3 Å². The number of aliphatic hydroxyl groups is 4. The highest BCUT2D eigenvalue weighted by Crippen LogP contribution is 2.60. The number of benzene rings is 12. The van der Waals surface area contributed by atoms with Crippen LogP contribution in [0.5, 0.6) is 161 Å². The van der Waals surface area contributed by atoms with Crippen molar-refractivity contribution < 1.29 is 117 Å². The first kappa shape index (κ1) is 70.4. The van der Waals surface area contributed by atoms with Crippen LogP contribution >= 0.6 is 0 Å². The van der Waals surface area contributed by atoms with Gasteiger partial charge >= 0.3 is 0 Å². The van der Waals surface area contributed by atoms with Gasteiger partial charge in [0.1, 0.15) is 161 Å². The number of aromatic hydroxyl groups is 4. The SMILES string of the molecule is OCCCC1c2cc3c4cc2OC2Oc5cc6c(cc51)C(CCCO)c1cc5c7cc1OC(O6)c1cc6cc(c1)Oc1cc(O)cc(c1)Oc1cc8cc(c1)C(Oc1cc(c(cc1C5CCCO)C3CCCO)OC(O4)c1cc(cc(c1)Oc1cc(O)cc(c1)O8)Oc1cc(O)cc(c1)Oc1cc(cc2c1)Oc1cc(O)cc(c1)O6)O7. The third-order valence-corrected chi connectivity index (χ3v) is 22.1. The molecule has 0 radical (unpaired) electrons. The van der Waals surface area contributed by atoms with Gasteiger partial charge in [0.25, 0.3) is 25.2 Å². The van der Waals surface area contributed by atoms with E-state index in [1.54, 1.807) is 97.1 Å². The van der Waals surface area contributed by atoms with E-state index in [2.05, 4.69) is 24.3 Å². The zero-order valence-corrected chi connectivity index (χ0v) is 61.7. The molecule has 0 atom stereocenters. The summed E-state index contributed by atoms with van der Waals surface area (Å²) < 4.78 is 116. The van der Waals surface area contributed by atoms with Gasteiger partial charge in [-0.05, 0) is 124 Å². The molecule has 12 aromatic rings. The van der Waals surface area contributed by atoms with E-state index in [0.29, 0.717) is 92.4 Å². The topological polar surface area (TPSA) is 310 Å². The average molecular weight is 1560 g/mol. The normalized spacial score (nSPS) is 19.5. The minimum absolute atomic E-state index is 0.0906. The number of rotatable bonds is 12. The summed E-state index contributed by atoms with van der Waals surface area (Å²) in [6, 6.07) is 53.3. The molecule has 8 N–H and O–H groups in total. The molecule has 8 aliphatic heterocycles. The maximum Gasteiger partial charge on any atom is 0.267 e. The maximum atomic E-state index is 11.8. The fourth-order valence-electron chi connectivity index (χ4n) is 17.2. The van der Waals surface area contributed by atoms with Crippen LogP contribution in [-0.2, 0) is 0 Å². The van der Waals surface area contributed by atoms with Crippen LogP contribution in [0.4, 0.5) is 0 Å². The Morgan fingerprint density at radius 2 is 0.328 bits per heavy atom. The predicted octanol–water partition coefficient (Wildman–Crippen LogP) is 19.9. The maximum absolute atomic E-state index is 11.8. The monoisotopic (exact) mass is 1560 g/mol. The molecule has 24 heteroatoms. The Balaban J connectivity index is 0.963. The van der Waals surface area contributed by atoms with Crippen molar-refractivity contribution in [1.29, 1.82) is 0 Å². The first-order valence-corrected chi connectivity index (χ1v) is 38.5. The fraction of sp³-hybridized carbons (Fsp3) is 0.217. The van der Waals surface area contributed by atoms with Crippen LogP contribution < -0.4 is 75.8 Å². The highest BCUT2D eigenvalue weighted by atomic mass is 16.7. The lowest BCUT2D eigenvalue weighted by Gasteiger charge is -2.38. The Morgan fingerprint density at radius 1 is 0.181 bits per heavy atom. The Morgan fingerprint density at radius 3 is 0.474 bits per heavy atom. The van der Waals surface area contributed by atoms with Gasteiger partial charge in [0.2, 0.25) is 0 Å². The largest absolute Gasteiger partial charge is 0.508 e.